The average Bonchev–Trinajstić information content (AvgIpc) is 3.43. The molecule has 4 aliphatic rings. The number of rotatable bonds is 3. The number of nitro groups is 1. The molecule has 0 spiro atoms. The van der Waals surface area contributed by atoms with Crippen LogP contribution in [-0.4, -0.2) is 19.9 Å². The number of allylic oxidation sites excluding steroid dienone is 4. The van der Waals surface area contributed by atoms with E-state index in [2.05, 4.69) is 29.2 Å². The van der Waals surface area contributed by atoms with Gasteiger partial charge >= 0.3 is 0 Å². The van der Waals surface area contributed by atoms with Crippen LogP contribution >= 0.6 is 0 Å². The number of sulfonamides is 1. The molecule has 2 aliphatic carbocycles. The van der Waals surface area contributed by atoms with E-state index >= 15 is 0 Å². The summed E-state index contributed by atoms with van der Waals surface area (Å²) in [5, 5.41) is 16.7. The largest absolute Gasteiger partial charge is 0.363 e. The number of anilines is 1. The van der Waals surface area contributed by atoms with E-state index in [1.807, 2.05) is 12.1 Å². The van der Waals surface area contributed by atoms with Crippen LogP contribution in [0.3, 0.4) is 0 Å². The Morgan fingerprint density at radius 3 is 2.34 bits per heavy atom. The summed E-state index contributed by atoms with van der Waals surface area (Å²) in [4.78, 5) is 13.4. The number of hydrogen-bond acceptors (Lipinski definition) is 5. The molecule has 0 bridgehead atoms. The van der Waals surface area contributed by atoms with E-state index in [4.69, 9.17) is 5.14 Å². The fourth-order valence-corrected chi connectivity index (χ4v) is 6.87. The van der Waals surface area contributed by atoms with Gasteiger partial charge in [-0.1, -0.05) is 36.4 Å². The number of nitrogens with two attached hydrogens (primary N) is 1. The molecule has 0 fully saturated rings. The fourth-order valence-electron chi connectivity index (χ4n) is 6.28. The quantitative estimate of drug-likeness (QED) is 0.431. The van der Waals surface area contributed by atoms with Crippen LogP contribution in [0.1, 0.15) is 47.4 Å². The molecule has 8 heteroatoms. The Morgan fingerprint density at radius 2 is 1.66 bits per heavy atom. The monoisotopic (exact) mass is 449 g/mol. The lowest BCUT2D eigenvalue weighted by atomic mass is 9.70. The fraction of sp³-hybridized carbons (Fsp3) is 0.333. The first-order chi connectivity index (χ1) is 15.3. The lowest BCUT2D eigenvalue weighted by molar-refractivity contribution is -0.384. The summed E-state index contributed by atoms with van der Waals surface area (Å²) in [7, 11) is -3.83. The molecular weight excluding hydrogens is 426 g/mol. The number of hydrogen-bond donors (Lipinski definition) is 1. The lowest BCUT2D eigenvalue weighted by Crippen LogP contribution is -2.46. The van der Waals surface area contributed by atoms with Crippen molar-refractivity contribution in [2.75, 3.05) is 11.4 Å². The summed E-state index contributed by atoms with van der Waals surface area (Å²) < 4.78 is 24.6. The minimum absolute atomic E-state index is 0.0731. The maximum atomic E-state index is 12.3. The SMILES string of the molecule is NS(=O)(=O)c1cc2c3c(c1)[C@@H]1C=CC[C@@H]1[C@H](c1ccc([N+](=O)[O-])cc1)N3C[C@H]1CC=C[C@H]21. The predicted octanol–water partition coefficient (Wildman–Crippen LogP) is 4.14. The molecule has 2 N–H and O–H groups in total. The van der Waals surface area contributed by atoms with Gasteiger partial charge in [-0.3, -0.25) is 10.1 Å². The van der Waals surface area contributed by atoms with Gasteiger partial charge in [-0.05, 0) is 53.5 Å². The number of nitro benzene ring substituents is 1. The van der Waals surface area contributed by atoms with Gasteiger partial charge in [-0.15, -0.1) is 0 Å². The highest BCUT2D eigenvalue weighted by Gasteiger charge is 2.48. The molecule has 164 valence electrons. The Balaban J connectivity index is 1.57. The van der Waals surface area contributed by atoms with Gasteiger partial charge in [0.15, 0.2) is 0 Å². The van der Waals surface area contributed by atoms with Gasteiger partial charge in [0.05, 0.1) is 15.9 Å². The van der Waals surface area contributed by atoms with Crippen molar-refractivity contribution in [2.45, 2.75) is 35.6 Å². The van der Waals surface area contributed by atoms with Crippen LogP contribution in [0.4, 0.5) is 11.4 Å². The molecule has 6 rings (SSSR count). The van der Waals surface area contributed by atoms with Crippen LogP contribution in [0.15, 0.2) is 65.6 Å². The van der Waals surface area contributed by atoms with Gasteiger partial charge in [-0.25, -0.2) is 13.6 Å². The van der Waals surface area contributed by atoms with Crippen molar-refractivity contribution in [3.8, 4) is 0 Å². The zero-order valence-electron chi connectivity index (χ0n) is 17.3. The van der Waals surface area contributed by atoms with E-state index in [9.17, 15) is 18.5 Å². The van der Waals surface area contributed by atoms with Crippen molar-refractivity contribution >= 4 is 21.4 Å². The second kappa shape index (κ2) is 6.76. The number of non-ortho nitro benzene ring substituents is 1. The highest BCUT2D eigenvalue weighted by atomic mass is 32.2. The van der Waals surface area contributed by atoms with Gasteiger partial charge in [0.2, 0.25) is 10.0 Å². The topological polar surface area (TPSA) is 107 Å². The second-order valence-electron chi connectivity index (χ2n) is 9.24. The van der Waals surface area contributed by atoms with E-state index in [1.54, 1.807) is 24.3 Å². The lowest BCUT2D eigenvalue weighted by Gasteiger charge is -2.51. The molecule has 2 aromatic rings. The van der Waals surface area contributed by atoms with Crippen molar-refractivity contribution in [1.82, 2.24) is 0 Å². The summed E-state index contributed by atoms with van der Waals surface area (Å²) in [5.74, 6) is 0.876. The molecule has 0 saturated heterocycles. The predicted molar refractivity (Wildman–Crippen MR) is 121 cm³/mol. The van der Waals surface area contributed by atoms with Crippen molar-refractivity contribution in [3.05, 3.63) is 87.5 Å². The molecule has 0 amide bonds. The Labute approximate surface area is 186 Å². The molecule has 32 heavy (non-hydrogen) atoms. The number of primary sulfonamides is 1. The van der Waals surface area contributed by atoms with Crippen LogP contribution < -0.4 is 10.0 Å². The van der Waals surface area contributed by atoms with E-state index in [-0.39, 0.29) is 39.3 Å². The number of nitrogens with zero attached hydrogens (tertiary/aromatic N) is 2. The summed E-state index contributed by atoms with van der Waals surface area (Å²) in [6.07, 6.45) is 10.6. The van der Waals surface area contributed by atoms with Crippen molar-refractivity contribution in [1.29, 1.82) is 0 Å². The van der Waals surface area contributed by atoms with Crippen molar-refractivity contribution < 1.29 is 13.3 Å². The van der Waals surface area contributed by atoms with Crippen LogP contribution in [0.2, 0.25) is 0 Å². The third-order valence-corrected chi connectivity index (χ3v) is 8.49. The van der Waals surface area contributed by atoms with Crippen molar-refractivity contribution in [2.24, 2.45) is 17.0 Å². The number of fused-ring (bicyclic) bond motifs is 4. The van der Waals surface area contributed by atoms with Gasteiger partial charge in [-0.2, -0.15) is 0 Å². The van der Waals surface area contributed by atoms with Gasteiger partial charge in [0.1, 0.15) is 0 Å². The minimum atomic E-state index is -3.83. The van der Waals surface area contributed by atoms with E-state index in [0.29, 0.717) is 5.92 Å². The Hall–Kier alpha value is -2.97. The Bertz CT molecular complexity index is 1280. The van der Waals surface area contributed by atoms with Gasteiger partial charge in [0, 0.05) is 36.2 Å². The smallest absolute Gasteiger partial charge is 0.269 e. The maximum absolute atomic E-state index is 12.3. The Kier molecular flexibility index (Phi) is 4.16. The minimum Gasteiger partial charge on any atom is -0.363 e. The Morgan fingerprint density at radius 1 is 1.00 bits per heavy atom. The zero-order valence-corrected chi connectivity index (χ0v) is 18.1. The van der Waals surface area contributed by atoms with E-state index < -0.39 is 10.0 Å². The first-order valence-electron chi connectivity index (χ1n) is 10.9. The standard InChI is InChI=1S/C24H23N3O4S/c25-32(30,31)17-11-21-18-4-1-3-15(18)13-26-23(14-7-9-16(10-8-14)27(28)29)20-6-2-5-19(20)22(12-17)24(21)26/h1-2,4-5,7-12,15,18-20,23H,3,6,13H2,(H2,25,30,31)/t15-,18+,19-,20+,23+/m1/s1. The van der Waals surface area contributed by atoms with Crippen molar-refractivity contribution in [3.63, 3.8) is 0 Å². The molecule has 0 saturated carbocycles. The third-order valence-electron chi connectivity index (χ3n) is 7.60. The van der Waals surface area contributed by atoms with Crippen LogP contribution in [0.25, 0.3) is 0 Å². The molecule has 0 unspecified atom stereocenters. The average molecular weight is 450 g/mol. The maximum Gasteiger partial charge on any atom is 0.269 e. The summed E-state index contributed by atoms with van der Waals surface area (Å²) >= 11 is 0. The third kappa shape index (κ3) is 2.79. The summed E-state index contributed by atoms with van der Waals surface area (Å²) in [6, 6.07) is 10.5. The van der Waals surface area contributed by atoms with Gasteiger partial charge in [0.25, 0.3) is 5.69 Å². The number of benzene rings is 2. The van der Waals surface area contributed by atoms with E-state index in [0.717, 1.165) is 41.8 Å². The first kappa shape index (κ1) is 19.7. The molecule has 0 radical (unpaired) electrons. The molecule has 2 aromatic carbocycles. The van der Waals surface area contributed by atoms with Gasteiger partial charge < -0.3 is 4.90 Å². The highest BCUT2D eigenvalue weighted by molar-refractivity contribution is 7.89. The van der Waals surface area contributed by atoms with E-state index in [1.165, 1.54) is 0 Å². The summed E-state index contributed by atoms with van der Waals surface area (Å²) in [6.45, 7) is 0.872. The molecule has 2 heterocycles. The molecular formula is C24H23N3O4S. The van der Waals surface area contributed by atoms with Crippen LogP contribution in [0, 0.1) is 22.0 Å². The highest BCUT2D eigenvalue weighted by Crippen LogP contribution is 2.59. The zero-order chi connectivity index (χ0) is 22.2. The molecule has 5 atom stereocenters. The summed E-state index contributed by atoms with van der Waals surface area (Å²) in [5.41, 5.74) is 4.32. The normalized spacial score (nSPS) is 29.5. The molecule has 7 nitrogen and oxygen atoms in total. The molecule has 2 aliphatic heterocycles. The molecule has 0 aromatic heterocycles. The second-order valence-corrected chi connectivity index (χ2v) is 10.8. The van der Waals surface area contributed by atoms with Crippen LogP contribution in [-0.2, 0) is 10.0 Å². The van der Waals surface area contributed by atoms with Crippen LogP contribution in [0.5, 0.6) is 0 Å². The first-order valence-corrected chi connectivity index (χ1v) is 12.4.